The van der Waals surface area contributed by atoms with E-state index >= 15 is 0 Å². The Bertz CT molecular complexity index is 433. The predicted octanol–water partition coefficient (Wildman–Crippen LogP) is 4.61. The van der Waals surface area contributed by atoms with Crippen molar-refractivity contribution in [3.05, 3.63) is 35.4 Å². The molecular weight excluding hydrogens is 234 g/mol. The van der Waals surface area contributed by atoms with Gasteiger partial charge in [0.25, 0.3) is 0 Å². The lowest BCUT2D eigenvalue weighted by Crippen LogP contribution is -2.15. The molecule has 18 heavy (non-hydrogen) atoms. The van der Waals surface area contributed by atoms with Gasteiger partial charge in [-0.2, -0.15) is 0 Å². The highest BCUT2D eigenvalue weighted by atomic mass is 19.1. The normalized spacial score (nSPS) is 13.4. The van der Waals surface area contributed by atoms with Crippen LogP contribution in [0.3, 0.4) is 0 Å². The highest BCUT2D eigenvalue weighted by Gasteiger charge is 2.20. The number of benzene rings is 1. The maximum Gasteiger partial charge on any atom is 0.166 e. The van der Waals surface area contributed by atoms with E-state index in [9.17, 15) is 13.6 Å². The number of rotatable bonds is 4. The molecule has 0 radical (unpaired) electrons. The minimum absolute atomic E-state index is 0.125. The van der Waals surface area contributed by atoms with Gasteiger partial charge in [-0.25, -0.2) is 8.78 Å². The lowest BCUT2D eigenvalue weighted by atomic mass is 9.83. The van der Waals surface area contributed by atoms with Gasteiger partial charge in [0.1, 0.15) is 11.6 Å². The van der Waals surface area contributed by atoms with Crippen molar-refractivity contribution in [2.24, 2.45) is 11.3 Å². The summed E-state index contributed by atoms with van der Waals surface area (Å²) >= 11 is 0. The Morgan fingerprint density at radius 1 is 1.28 bits per heavy atom. The molecule has 1 aromatic rings. The Morgan fingerprint density at radius 2 is 1.89 bits per heavy atom. The molecule has 0 bridgehead atoms. The summed E-state index contributed by atoms with van der Waals surface area (Å²) in [6, 6.07) is 2.99. The number of halogens is 2. The molecule has 1 aromatic carbocycles. The number of hydrogen-bond acceptors (Lipinski definition) is 1. The average molecular weight is 254 g/mol. The van der Waals surface area contributed by atoms with Crippen molar-refractivity contribution in [1.29, 1.82) is 0 Å². The predicted molar refractivity (Wildman–Crippen MR) is 68.5 cm³/mol. The monoisotopic (exact) mass is 254 g/mol. The van der Waals surface area contributed by atoms with Gasteiger partial charge in [-0.3, -0.25) is 4.79 Å². The third kappa shape index (κ3) is 4.55. The van der Waals surface area contributed by atoms with Crippen LogP contribution in [0.4, 0.5) is 8.78 Å². The van der Waals surface area contributed by atoms with Gasteiger partial charge in [0, 0.05) is 6.42 Å². The fourth-order valence-electron chi connectivity index (χ4n) is 2.26. The van der Waals surface area contributed by atoms with E-state index in [0.29, 0.717) is 0 Å². The van der Waals surface area contributed by atoms with E-state index in [2.05, 4.69) is 20.8 Å². The molecule has 0 amide bonds. The molecule has 0 aliphatic rings. The van der Waals surface area contributed by atoms with Crippen molar-refractivity contribution in [2.45, 2.75) is 40.5 Å². The summed E-state index contributed by atoms with van der Waals surface area (Å²) in [4.78, 5) is 11.9. The second kappa shape index (κ2) is 5.59. The third-order valence-corrected chi connectivity index (χ3v) is 2.72. The van der Waals surface area contributed by atoms with E-state index in [-0.39, 0.29) is 29.1 Å². The molecule has 0 saturated heterocycles. The first-order valence-electron chi connectivity index (χ1n) is 6.17. The van der Waals surface area contributed by atoms with Gasteiger partial charge in [-0.15, -0.1) is 0 Å². The number of carbonyl (C=O) groups excluding carboxylic acids is 1. The number of hydrogen-bond donors (Lipinski definition) is 0. The summed E-state index contributed by atoms with van der Waals surface area (Å²) in [5.74, 6) is -1.41. The second-order valence-corrected chi connectivity index (χ2v) is 6.12. The molecular formula is C15H20F2O. The zero-order valence-electron chi connectivity index (χ0n) is 11.4. The van der Waals surface area contributed by atoms with Crippen LogP contribution in [-0.4, -0.2) is 5.78 Å². The average Bonchev–Trinajstić information content (AvgIpc) is 2.18. The second-order valence-electron chi connectivity index (χ2n) is 6.12. The van der Waals surface area contributed by atoms with E-state index in [4.69, 9.17) is 0 Å². The first kappa shape index (κ1) is 14.8. The fraction of sp³-hybridized carbons (Fsp3) is 0.533. The van der Waals surface area contributed by atoms with Crippen LogP contribution in [-0.2, 0) is 0 Å². The Labute approximate surface area is 107 Å². The van der Waals surface area contributed by atoms with Crippen molar-refractivity contribution in [1.82, 2.24) is 0 Å². The molecule has 1 unspecified atom stereocenters. The highest BCUT2D eigenvalue weighted by Crippen LogP contribution is 2.27. The molecule has 0 N–H and O–H groups in total. The van der Waals surface area contributed by atoms with Crippen LogP contribution in [0.25, 0.3) is 0 Å². The van der Waals surface area contributed by atoms with Crippen molar-refractivity contribution in [3.8, 4) is 0 Å². The quantitative estimate of drug-likeness (QED) is 0.717. The minimum atomic E-state index is -0.649. The smallest absolute Gasteiger partial charge is 0.166 e. The molecule has 1 atom stereocenters. The number of carbonyl (C=O) groups is 1. The number of ketones is 1. The summed E-state index contributed by atoms with van der Waals surface area (Å²) in [5, 5.41) is 0. The zero-order chi connectivity index (χ0) is 13.9. The van der Waals surface area contributed by atoms with Crippen molar-refractivity contribution in [2.75, 3.05) is 0 Å². The first-order valence-corrected chi connectivity index (χ1v) is 6.17. The molecule has 1 rings (SSSR count). The molecule has 0 spiro atoms. The molecule has 1 nitrogen and oxygen atoms in total. The fourth-order valence-corrected chi connectivity index (χ4v) is 2.26. The molecule has 100 valence electrons. The van der Waals surface area contributed by atoms with Crippen LogP contribution in [0.5, 0.6) is 0 Å². The topological polar surface area (TPSA) is 17.1 Å². The number of Topliss-reactive ketones (excluding diaryl/α,β-unsaturated/α-hetero) is 1. The Kier molecular flexibility index (Phi) is 4.60. The van der Waals surface area contributed by atoms with Gasteiger partial charge in [-0.1, -0.05) is 27.7 Å². The maximum atomic E-state index is 13.4. The van der Waals surface area contributed by atoms with Crippen LogP contribution >= 0.6 is 0 Å². The van der Waals surface area contributed by atoms with Crippen LogP contribution in [0.1, 0.15) is 50.9 Å². The standard InChI is InChI=1S/C15H20F2O/c1-10(9-15(2,3)4)7-14(18)12-8-11(16)5-6-13(12)17/h5-6,8,10H,7,9H2,1-4H3. The van der Waals surface area contributed by atoms with E-state index in [1.54, 1.807) is 0 Å². The Balaban J connectivity index is 2.74. The van der Waals surface area contributed by atoms with Crippen molar-refractivity contribution < 1.29 is 13.6 Å². The highest BCUT2D eigenvalue weighted by molar-refractivity contribution is 5.96. The van der Waals surface area contributed by atoms with Gasteiger partial charge >= 0.3 is 0 Å². The van der Waals surface area contributed by atoms with E-state index in [1.165, 1.54) is 0 Å². The zero-order valence-corrected chi connectivity index (χ0v) is 11.4. The lowest BCUT2D eigenvalue weighted by Gasteiger charge is -2.22. The largest absolute Gasteiger partial charge is 0.294 e. The van der Waals surface area contributed by atoms with E-state index in [1.807, 2.05) is 6.92 Å². The van der Waals surface area contributed by atoms with Gasteiger partial charge in [0.2, 0.25) is 0 Å². The van der Waals surface area contributed by atoms with E-state index in [0.717, 1.165) is 24.6 Å². The van der Waals surface area contributed by atoms with Crippen molar-refractivity contribution in [3.63, 3.8) is 0 Å². The first-order chi connectivity index (χ1) is 8.19. The molecule has 0 aliphatic heterocycles. The molecule has 0 heterocycles. The van der Waals surface area contributed by atoms with Crippen molar-refractivity contribution >= 4 is 5.78 Å². The lowest BCUT2D eigenvalue weighted by molar-refractivity contribution is 0.0950. The van der Waals surface area contributed by atoms with Gasteiger partial charge in [0.05, 0.1) is 5.56 Å². The summed E-state index contributed by atoms with van der Waals surface area (Å²) in [6.07, 6.45) is 1.12. The molecule has 0 fully saturated rings. The summed E-state index contributed by atoms with van der Waals surface area (Å²) < 4.78 is 26.4. The van der Waals surface area contributed by atoms with Gasteiger partial charge in [-0.05, 0) is 36.0 Å². The summed E-state index contributed by atoms with van der Waals surface area (Å²) in [6.45, 7) is 8.24. The third-order valence-electron chi connectivity index (χ3n) is 2.72. The maximum absolute atomic E-state index is 13.4. The minimum Gasteiger partial charge on any atom is -0.294 e. The molecule has 3 heteroatoms. The summed E-state index contributed by atoms with van der Waals surface area (Å²) in [5.41, 5.74) is -0.0176. The molecule has 0 aromatic heterocycles. The van der Waals surface area contributed by atoms with Gasteiger partial charge < -0.3 is 0 Å². The van der Waals surface area contributed by atoms with Crippen LogP contribution in [0, 0.1) is 23.0 Å². The Morgan fingerprint density at radius 3 is 2.44 bits per heavy atom. The van der Waals surface area contributed by atoms with Crippen LogP contribution in [0.15, 0.2) is 18.2 Å². The Hall–Kier alpha value is -1.25. The van der Waals surface area contributed by atoms with Gasteiger partial charge in [0.15, 0.2) is 5.78 Å². The van der Waals surface area contributed by atoms with Crippen LogP contribution in [0.2, 0.25) is 0 Å². The van der Waals surface area contributed by atoms with E-state index < -0.39 is 11.6 Å². The SMILES string of the molecule is CC(CC(=O)c1cc(F)ccc1F)CC(C)(C)C. The van der Waals surface area contributed by atoms with Crippen LogP contribution < -0.4 is 0 Å². The molecule has 0 aliphatic carbocycles. The summed E-state index contributed by atoms with van der Waals surface area (Å²) in [7, 11) is 0. The molecule has 0 saturated carbocycles.